The van der Waals surface area contributed by atoms with Crippen molar-refractivity contribution in [1.82, 2.24) is 10.3 Å². The van der Waals surface area contributed by atoms with E-state index in [0.29, 0.717) is 30.2 Å². The fourth-order valence-corrected chi connectivity index (χ4v) is 3.67. The summed E-state index contributed by atoms with van der Waals surface area (Å²) < 4.78 is 11.5. The van der Waals surface area contributed by atoms with E-state index in [2.05, 4.69) is 31.1 Å². The van der Waals surface area contributed by atoms with Crippen molar-refractivity contribution >= 4 is 22.8 Å². The lowest BCUT2D eigenvalue weighted by Crippen LogP contribution is -2.47. The number of carbonyl (C=O) groups is 2. The van der Waals surface area contributed by atoms with E-state index in [1.165, 1.54) is 6.07 Å². The van der Waals surface area contributed by atoms with Crippen LogP contribution in [0.25, 0.3) is 10.9 Å². The van der Waals surface area contributed by atoms with Crippen molar-refractivity contribution in [3.05, 3.63) is 40.2 Å². The Morgan fingerprint density at radius 3 is 2.25 bits per heavy atom. The molecule has 2 unspecified atom stereocenters. The largest absolute Gasteiger partial charge is 0.456 e. The predicted molar refractivity (Wildman–Crippen MR) is 126 cm³/mol. The van der Waals surface area contributed by atoms with Crippen LogP contribution in [0.5, 0.6) is 5.75 Å². The lowest BCUT2D eigenvalue weighted by atomic mass is 9.93. The summed E-state index contributed by atoms with van der Waals surface area (Å²) in [6.07, 6.45) is 2.11. The van der Waals surface area contributed by atoms with Gasteiger partial charge in [0.2, 0.25) is 5.56 Å². The zero-order valence-electron chi connectivity index (χ0n) is 20.0. The molecule has 0 aliphatic carbocycles. The first kappa shape index (κ1) is 25.6. The minimum atomic E-state index is -0.577. The van der Waals surface area contributed by atoms with Crippen LogP contribution in [0.3, 0.4) is 0 Å². The maximum absolute atomic E-state index is 12.5. The molecule has 0 aliphatic rings. The lowest BCUT2D eigenvalue weighted by molar-refractivity contribution is -0.151. The van der Waals surface area contributed by atoms with Gasteiger partial charge in [-0.2, -0.15) is 0 Å². The number of benzene rings is 1. The van der Waals surface area contributed by atoms with Crippen LogP contribution in [0.15, 0.2) is 29.1 Å². The number of H-pyrrole nitrogens is 1. The van der Waals surface area contributed by atoms with Crippen LogP contribution in [0.2, 0.25) is 0 Å². The second kappa shape index (κ2) is 11.3. The molecule has 2 rings (SSSR count). The van der Waals surface area contributed by atoms with Crippen LogP contribution in [0.4, 0.5) is 0 Å². The molecule has 0 saturated heterocycles. The molecule has 0 spiro atoms. The van der Waals surface area contributed by atoms with Gasteiger partial charge in [-0.3, -0.25) is 14.4 Å². The predicted octanol–water partition coefficient (Wildman–Crippen LogP) is 4.78. The number of aromatic amines is 1. The molecular weight excluding hydrogens is 408 g/mol. The maximum Gasteiger partial charge on any atom is 0.311 e. The Labute approximate surface area is 189 Å². The minimum Gasteiger partial charge on any atom is -0.456 e. The van der Waals surface area contributed by atoms with E-state index in [1.54, 1.807) is 12.1 Å². The molecule has 176 valence electrons. The highest BCUT2D eigenvalue weighted by molar-refractivity contribution is 5.90. The summed E-state index contributed by atoms with van der Waals surface area (Å²) in [6.45, 7) is 12.0. The van der Waals surface area contributed by atoms with E-state index in [4.69, 9.17) is 9.47 Å². The van der Waals surface area contributed by atoms with Crippen LogP contribution >= 0.6 is 0 Å². The van der Waals surface area contributed by atoms with Gasteiger partial charge < -0.3 is 19.8 Å². The van der Waals surface area contributed by atoms with Gasteiger partial charge in [-0.05, 0) is 52.2 Å². The number of nitrogens with one attached hydrogen (secondary N) is 2. The quantitative estimate of drug-likeness (QED) is 0.404. The average Bonchev–Trinajstić information content (AvgIpc) is 2.70. The molecule has 0 amide bonds. The lowest BCUT2D eigenvalue weighted by Gasteiger charge is -2.34. The number of carbonyl (C=O) groups excluding carboxylic acids is 2. The van der Waals surface area contributed by atoms with Crippen molar-refractivity contribution in [2.45, 2.75) is 91.3 Å². The number of esters is 2. The van der Waals surface area contributed by atoms with Crippen molar-refractivity contribution in [2.75, 3.05) is 0 Å². The number of hydrogen-bond acceptors (Lipinski definition) is 6. The summed E-state index contributed by atoms with van der Waals surface area (Å²) in [6, 6.07) is 6.43. The Bertz CT molecular complexity index is 990. The first-order chi connectivity index (χ1) is 15.1. The molecule has 1 aromatic heterocycles. The van der Waals surface area contributed by atoms with Crippen molar-refractivity contribution < 1.29 is 19.1 Å². The molecule has 0 radical (unpaired) electrons. The highest BCUT2D eigenvalue weighted by Crippen LogP contribution is 2.34. The first-order valence-electron chi connectivity index (χ1n) is 11.4. The average molecular weight is 445 g/mol. The first-order valence-corrected chi connectivity index (χ1v) is 11.4. The number of rotatable bonds is 10. The van der Waals surface area contributed by atoms with Crippen LogP contribution in [0, 0.1) is 0 Å². The fraction of sp³-hybridized carbons (Fsp3) is 0.560. The van der Waals surface area contributed by atoms with Gasteiger partial charge in [0.05, 0.1) is 5.52 Å². The monoisotopic (exact) mass is 444 g/mol. The Hall–Kier alpha value is -2.67. The molecule has 2 N–H and O–H groups in total. The Kier molecular flexibility index (Phi) is 9.01. The molecule has 0 saturated carbocycles. The van der Waals surface area contributed by atoms with Gasteiger partial charge in [-0.1, -0.05) is 26.8 Å². The van der Waals surface area contributed by atoms with E-state index in [9.17, 15) is 14.4 Å². The summed E-state index contributed by atoms with van der Waals surface area (Å²) >= 11 is 0. The minimum absolute atomic E-state index is 0.153. The second-order valence-electron chi connectivity index (χ2n) is 9.06. The third-order valence-electron chi connectivity index (χ3n) is 5.01. The molecule has 0 fully saturated rings. The molecule has 7 heteroatoms. The normalized spacial score (nSPS) is 13.6. The molecule has 1 heterocycles. The molecule has 32 heavy (non-hydrogen) atoms. The van der Waals surface area contributed by atoms with Crippen LogP contribution in [-0.2, 0) is 14.3 Å². The third-order valence-corrected chi connectivity index (χ3v) is 5.01. The number of ether oxygens (including phenoxy) is 2. The molecule has 0 aliphatic heterocycles. The van der Waals surface area contributed by atoms with Gasteiger partial charge >= 0.3 is 11.9 Å². The van der Waals surface area contributed by atoms with E-state index in [1.807, 2.05) is 26.8 Å². The van der Waals surface area contributed by atoms with Crippen molar-refractivity contribution in [2.24, 2.45) is 0 Å². The van der Waals surface area contributed by atoms with Crippen LogP contribution in [-0.4, -0.2) is 28.5 Å². The van der Waals surface area contributed by atoms with E-state index < -0.39 is 6.10 Å². The molecule has 7 nitrogen and oxygen atoms in total. The molecular formula is C25H36N2O5. The van der Waals surface area contributed by atoms with E-state index in [0.717, 1.165) is 12.0 Å². The van der Waals surface area contributed by atoms with Gasteiger partial charge in [0, 0.05) is 41.4 Å². The number of pyridine rings is 1. The van der Waals surface area contributed by atoms with Gasteiger partial charge in [0.25, 0.3) is 0 Å². The topological polar surface area (TPSA) is 97.5 Å². The van der Waals surface area contributed by atoms with Crippen LogP contribution < -0.4 is 15.6 Å². The van der Waals surface area contributed by atoms with Crippen molar-refractivity contribution in [3.8, 4) is 5.75 Å². The van der Waals surface area contributed by atoms with Crippen molar-refractivity contribution in [1.29, 1.82) is 0 Å². The maximum atomic E-state index is 12.5. The zero-order chi connectivity index (χ0) is 23.9. The summed E-state index contributed by atoms with van der Waals surface area (Å²) in [5.74, 6) is -0.351. The van der Waals surface area contributed by atoms with Gasteiger partial charge in [0.15, 0.2) is 5.75 Å². The van der Waals surface area contributed by atoms with E-state index in [-0.39, 0.29) is 41.2 Å². The highest BCUT2D eigenvalue weighted by atomic mass is 16.5. The summed E-state index contributed by atoms with van der Waals surface area (Å²) in [5.41, 5.74) is 0.665. The Morgan fingerprint density at radius 1 is 1.00 bits per heavy atom. The van der Waals surface area contributed by atoms with Crippen LogP contribution in [0.1, 0.15) is 85.3 Å². The van der Waals surface area contributed by atoms with Gasteiger partial charge in [-0.25, -0.2) is 0 Å². The second-order valence-corrected chi connectivity index (χ2v) is 9.06. The van der Waals surface area contributed by atoms with Crippen molar-refractivity contribution in [3.63, 3.8) is 0 Å². The number of aromatic nitrogens is 1. The molecule has 0 bridgehead atoms. The Morgan fingerprint density at radius 2 is 1.66 bits per heavy atom. The zero-order valence-corrected chi connectivity index (χ0v) is 20.0. The highest BCUT2D eigenvalue weighted by Gasteiger charge is 2.30. The number of fused-ring (bicyclic) bond motifs is 1. The van der Waals surface area contributed by atoms with Gasteiger partial charge in [0.1, 0.15) is 6.10 Å². The summed E-state index contributed by atoms with van der Waals surface area (Å²) in [4.78, 5) is 39.5. The summed E-state index contributed by atoms with van der Waals surface area (Å²) in [7, 11) is 0. The SMILES string of the molecule is CCCC(=O)Oc1ccc(C(OC(=O)CCC)C(CC)NC(C)(C)C)c2ccc(=O)[nH]c12. The molecule has 2 aromatic rings. The smallest absolute Gasteiger partial charge is 0.311 e. The molecule has 2 atom stereocenters. The fourth-order valence-electron chi connectivity index (χ4n) is 3.67. The standard InChI is InChI=1S/C25H36N2O5/c1-7-10-21(29)31-19-14-12-17(16-13-15-20(28)26-23(16)19)24(32-22(30)11-8-2)18(9-3)27-25(4,5)6/h12-15,18,24,27H,7-11H2,1-6H3,(H,26,28). The summed E-state index contributed by atoms with van der Waals surface area (Å²) in [5, 5.41) is 4.23. The number of hydrogen-bond donors (Lipinski definition) is 2. The van der Waals surface area contributed by atoms with Gasteiger partial charge in [-0.15, -0.1) is 0 Å². The third kappa shape index (κ3) is 6.92. The molecule has 1 aromatic carbocycles. The van der Waals surface area contributed by atoms with E-state index >= 15 is 0 Å². The Balaban J connectivity index is 2.62.